The van der Waals surface area contributed by atoms with Crippen LogP contribution in [0.5, 0.6) is 5.75 Å². The molecule has 0 spiro atoms. The number of carbonyl (C=O) groups is 1. The molecule has 146 valence electrons. The zero-order valence-corrected chi connectivity index (χ0v) is 15.8. The molecule has 0 atom stereocenters. The Balaban J connectivity index is 1.75. The third kappa shape index (κ3) is 6.78. The van der Waals surface area contributed by atoms with Gasteiger partial charge < -0.3 is 19.9 Å². The quantitative estimate of drug-likeness (QED) is 0.799. The van der Waals surface area contributed by atoms with Crippen LogP contribution in [0.3, 0.4) is 0 Å². The first kappa shape index (κ1) is 20.4. The zero-order chi connectivity index (χ0) is 19.1. The molecule has 26 heavy (non-hydrogen) atoms. The Bertz CT molecular complexity index is 558. The van der Waals surface area contributed by atoms with E-state index in [0.29, 0.717) is 12.5 Å². The fraction of sp³-hybridized carbons (Fsp3) is 0.632. The van der Waals surface area contributed by atoms with Gasteiger partial charge in [0.1, 0.15) is 5.75 Å². The molecule has 2 rings (SSSR count). The number of urea groups is 1. The number of benzene rings is 1. The Morgan fingerprint density at radius 3 is 2.42 bits per heavy atom. The lowest BCUT2D eigenvalue weighted by Gasteiger charge is -2.34. The monoisotopic (exact) mass is 369 g/mol. The molecule has 0 aliphatic carbocycles. The van der Waals surface area contributed by atoms with E-state index in [1.54, 1.807) is 24.1 Å². The van der Waals surface area contributed by atoms with Crippen LogP contribution in [0.1, 0.15) is 32.3 Å². The summed E-state index contributed by atoms with van der Waals surface area (Å²) >= 11 is 0. The molecule has 1 heterocycles. The average Bonchev–Trinajstić information content (AvgIpc) is 2.57. The summed E-state index contributed by atoms with van der Waals surface area (Å²) in [7, 11) is 1.73. The third-order valence-electron chi connectivity index (χ3n) is 4.45. The SMILES string of the molecule is CC(C)CN1CCC(NC(=O)N(C)Cc2ccc(OC(F)F)cc2)CC1. The third-order valence-corrected chi connectivity index (χ3v) is 4.45. The highest BCUT2D eigenvalue weighted by molar-refractivity contribution is 5.74. The maximum Gasteiger partial charge on any atom is 0.387 e. The van der Waals surface area contributed by atoms with Crippen LogP contribution in [-0.4, -0.2) is 55.2 Å². The minimum absolute atomic E-state index is 0.111. The zero-order valence-electron chi connectivity index (χ0n) is 15.8. The highest BCUT2D eigenvalue weighted by Gasteiger charge is 2.22. The number of ether oxygens (including phenoxy) is 1. The van der Waals surface area contributed by atoms with Gasteiger partial charge >= 0.3 is 12.6 Å². The summed E-state index contributed by atoms with van der Waals surface area (Å²) < 4.78 is 28.6. The molecule has 1 aliphatic rings. The second-order valence-corrected chi connectivity index (χ2v) is 7.30. The number of amides is 2. The largest absolute Gasteiger partial charge is 0.435 e. The Labute approximate surface area is 154 Å². The summed E-state index contributed by atoms with van der Waals surface area (Å²) in [5.41, 5.74) is 0.857. The van der Waals surface area contributed by atoms with Crippen molar-refractivity contribution >= 4 is 6.03 Å². The van der Waals surface area contributed by atoms with Crippen LogP contribution >= 0.6 is 0 Å². The number of nitrogens with one attached hydrogen (secondary N) is 1. The fourth-order valence-corrected chi connectivity index (χ4v) is 3.18. The minimum atomic E-state index is -2.83. The molecule has 0 saturated carbocycles. The predicted octanol–water partition coefficient (Wildman–Crippen LogP) is 3.55. The molecule has 1 fully saturated rings. The summed E-state index contributed by atoms with van der Waals surface area (Å²) in [6, 6.07) is 6.43. The number of hydrogen-bond donors (Lipinski definition) is 1. The number of alkyl halides is 2. The van der Waals surface area contributed by atoms with Crippen LogP contribution in [0.25, 0.3) is 0 Å². The summed E-state index contributed by atoms with van der Waals surface area (Å²) in [5.74, 6) is 0.772. The minimum Gasteiger partial charge on any atom is -0.435 e. The van der Waals surface area contributed by atoms with Crippen molar-refractivity contribution in [3.63, 3.8) is 0 Å². The van der Waals surface area contributed by atoms with Crippen LogP contribution in [0, 0.1) is 5.92 Å². The fourth-order valence-electron chi connectivity index (χ4n) is 3.18. The van der Waals surface area contributed by atoms with Gasteiger partial charge in [0.05, 0.1) is 0 Å². The van der Waals surface area contributed by atoms with E-state index in [2.05, 4.69) is 28.8 Å². The summed E-state index contributed by atoms with van der Waals surface area (Å²) in [6.45, 7) is 5.14. The molecule has 2 amide bonds. The molecule has 0 radical (unpaired) electrons. The Kier molecular flexibility index (Phi) is 7.63. The van der Waals surface area contributed by atoms with Crippen molar-refractivity contribution in [2.75, 3.05) is 26.7 Å². The van der Waals surface area contributed by atoms with E-state index in [9.17, 15) is 13.6 Å². The number of hydrogen-bond acceptors (Lipinski definition) is 3. The lowest BCUT2D eigenvalue weighted by atomic mass is 10.0. The molecule has 1 N–H and O–H groups in total. The Hall–Kier alpha value is -1.89. The van der Waals surface area contributed by atoms with Gasteiger partial charge in [-0.2, -0.15) is 8.78 Å². The van der Waals surface area contributed by atoms with Gasteiger partial charge in [0, 0.05) is 39.3 Å². The van der Waals surface area contributed by atoms with Crippen molar-refractivity contribution in [2.45, 2.75) is 45.9 Å². The average molecular weight is 369 g/mol. The lowest BCUT2D eigenvalue weighted by molar-refractivity contribution is -0.0498. The highest BCUT2D eigenvalue weighted by atomic mass is 19.3. The van der Waals surface area contributed by atoms with Gasteiger partial charge in [-0.05, 0) is 36.5 Å². The lowest BCUT2D eigenvalue weighted by Crippen LogP contribution is -2.48. The maximum atomic E-state index is 12.4. The second-order valence-electron chi connectivity index (χ2n) is 7.30. The molecule has 1 aliphatic heterocycles. The van der Waals surface area contributed by atoms with Crippen molar-refractivity contribution in [3.8, 4) is 5.75 Å². The van der Waals surface area contributed by atoms with Gasteiger partial charge in [-0.15, -0.1) is 0 Å². The van der Waals surface area contributed by atoms with Crippen LogP contribution in [0.4, 0.5) is 13.6 Å². The van der Waals surface area contributed by atoms with Crippen molar-refractivity contribution in [3.05, 3.63) is 29.8 Å². The summed E-state index contributed by atoms with van der Waals surface area (Å²) in [5, 5.41) is 3.09. The number of nitrogens with zero attached hydrogens (tertiary/aromatic N) is 2. The van der Waals surface area contributed by atoms with Gasteiger partial charge in [0.2, 0.25) is 0 Å². The topological polar surface area (TPSA) is 44.8 Å². The van der Waals surface area contributed by atoms with Crippen LogP contribution in [0.15, 0.2) is 24.3 Å². The smallest absolute Gasteiger partial charge is 0.387 e. The Morgan fingerprint density at radius 2 is 1.88 bits per heavy atom. The molecular formula is C19H29F2N3O2. The predicted molar refractivity (Wildman–Crippen MR) is 97.4 cm³/mol. The molecular weight excluding hydrogens is 340 g/mol. The van der Waals surface area contributed by atoms with E-state index in [1.807, 2.05) is 0 Å². The van der Waals surface area contributed by atoms with Gasteiger partial charge in [-0.25, -0.2) is 4.79 Å². The normalized spacial score (nSPS) is 16.1. The molecule has 0 bridgehead atoms. The standard InChI is InChI=1S/C19H29F2N3O2/c1-14(2)12-24-10-8-16(9-11-24)22-19(25)23(3)13-15-4-6-17(7-5-15)26-18(20)21/h4-7,14,16,18H,8-13H2,1-3H3,(H,22,25). The number of rotatable bonds is 7. The molecule has 1 aromatic carbocycles. The molecule has 5 nitrogen and oxygen atoms in total. The van der Waals surface area contributed by atoms with E-state index in [0.717, 1.165) is 38.0 Å². The van der Waals surface area contributed by atoms with E-state index < -0.39 is 6.61 Å². The maximum absolute atomic E-state index is 12.4. The molecule has 7 heteroatoms. The van der Waals surface area contributed by atoms with E-state index in [-0.39, 0.29) is 17.8 Å². The number of piperidine rings is 1. The summed E-state index contributed by atoms with van der Waals surface area (Å²) in [6.07, 6.45) is 1.93. The number of carbonyl (C=O) groups excluding carboxylic acids is 1. The first-order chi connectivity index (χ1) is 12.3. The number of halogens is 2. The van der Waals surface area contributed by atoms with E-state index >= 15 is 0 Å². The summed E-state index contributed by atoms with van der Waals surface area (Å²) in [4.78, 5) is 16.4. The Morgan fingerprint density at radius 1 is 1.27 bits per heavy atom. The molecule has 1 saturated heterocycles. The van der Waals surface area contributed by atoms with Gasteiger partial charge in [-0.3, -0.25) is 0 Å². The van der Waals surface area contributed by atoms with Gasteiger partial charge in [-0.1, -0.05) is 26.0 Å². The highest BCUT2D eigenvalue weighted by Crippen LogP contribution is 2.16. The van der Waals surface area contributed by atoms with Crippen molar-refractivity contribution in [1.82, 2.24) is 15.1 Å². The molecule has 1 aromatic rings. The van der Waals surface area contributed by atoms with Crippen LogP contribution in [0.2, 0.25) is 0 Å². The van der Waals surface area contributed by atoms with Crippen LogP contribution < -0.4 is 10.1 Å². The van der Waals surface area contributed by atoms with Gasteiger partial charge in [0.15, 0.2) is 0 Å². The van der Waals surface area contributed by atoms with Crippen molar-refractivity contribution in [1.29, 1.82) is 0 Å². The van der Waals surface area contributed by atoms with Crippen LogP contribution in [-0.2, 0) is 6.54 Å². The van der Waals surface area contributed by atoms with Gasteiger partial charge in [0.25, 0.3) is 0 Å². The first-order valence-corrected chi connectivity index (χ1v) is 9.11. The first-order valence-electron chi connectivity index (χ1n) is 9.11. The molecule has 0 aromatic heterocycles. The number of likely N-dealkylation sites (tertiary alicyclic amines) is 1. The van der Waals surface area contributed by atoms with Crippen molar-refractivity contribution in [2.24, 2.45) is 5.92 Å². The second kappa shape index (κ2) is 9.71. The van der Waals surface area contributed by atoms with E-state index in [1.165, 1.54) is 12.1 Å². The van der Waals surface area contributed by atoms with Crippen molar-refractivity contribution < 1.29 is 18.3 Å². The van der Waals surface area contributed by atoms with E-state index in [4.69, 9.17) is 0 Å². The molecule has 0 unspecified atom stereocenters.